The van der Waals surface area contributed by atoms with Crippen molar-refractivity contribution >= 4 is 16.3 Å². The Kier molecular flexibility index (Phi) is 4.33. The number of aromatic nitrogens is 2. The van der Waals surface area contributed by atoms with Crippen molar-refractivity contribution in [3.05, 3.63) is 114 Å². The van der Waals surface area contributed by atoms with Crippen LogP contribution in [0.25, 0.3) is 27.5 Å². The van der Waals surface area contributed by atoms with Crippen LogP contribution < -0.4 is 8.97 Å². The molecule has 0 aliphatic rings. The SMILES string of the molecule is Cc1ccc(-c2cccc[n+]2Cc2c[n+]3ccccc3c3ccccc23)c(C)c1. The number of benzene rings is 2. The molecule has 0 N–H and O–H groups in total. The quantitative estimate of drug-likeness (QED) is 0.302. The van der Waals surface area contributed by atoms with Crippen molar-refractivity contribution in [2.24, 2.45) is 0 Å². The minimum Gasteiger partial charge on any atom is -0.194 e. The summed E-state index contributed by atoms with van der Waals surface area (Å²) in [5, 5.41) is 2.59. The van der Waals surface area contributed by atoms with Crippen molar-refractivity contribution in [2.75, 3.05) is 0 Å². The van der Waals surface area contributed by atoms with Gasteiger partial charge in [0.25, 0.3) is 0 Å². The zero-order valence-corrected chi connectivity index (χ0v) is 16.8. The molecule has 0 spiro atoms. The van der Waals surface area contributed by atoms with E-state index in [2.05, 4.69) is 120 Å². The Morgan fingerprint density at radius 1 is 0.724 bits per heavy atom. The van der Waals surface area contributed by atoms with E-state index in [1.54, 1.807) is 0 Å². The van der Waals surface area contributed by atoms with E-state index in [1.807, 2.05) is 0 Å². The molecule has 0 radical (unpaired) electrons. The molecule has 3 heterocycles. The molecule has 5 rings (SSSR count). The van der Waals surface area contributed by atoms with E-state index in [0.717, 1.165) is 6.54 Å². The van der Waals surface area contributed by atoms with Crippen molar-refractivity contribution in [2.45, 2.75) is 20.4 Å². The molecule has 29 heavy (non-hydrogen) atoms. The van der Waals surface area contributed by atoms with Crippen molar-refractivity contribution in [3.63, 3.8) is 0 Å². The van der Waals surface area contributed by atoms with Gasteiger partial charge in [-0.05, 0) is 43.7 Å². The molecule has 0 saturated heterocycles. The summed E-state index contributed by atoms with van der Waals surface area (Å²) in [6.07, 6.45) is 6.58. The van der Waals surface area contributed by atoms with E-state index in [0.29, 0.717) is 0 Å². The lowest BCUT2D eigenvalue weighted by Crippen LogP contribution is -2.37. The summed E-state index contributed by atoms with van der Waals surface area (Å²) in [5.74, 6) is 0. The smallest absolute Gasteiger partial charge is 0.194 e. The Morgan fingerprint density at radius 2 is 1.48 bits per heavy atom. The number of hydrogen-bond donors (Lipinski definition) is 0. The maximum absolute atomic E-state index is 2.36. The fourth-order valence-corrected chi connectivity index (χ4v) is 4.29. The highest BCUT2D eigenvalue weighted by Gasteiger charge is 2.19. The summed E-state index contributed by atoms with van der Waals surface area (Å²) in [6.45, 7) is 5.16. The topological polar surface area (TPSA) is 7.98 Å². The number of pyridine rings is 3. The maximum Gasteiger partial charge on any atom is 0.218 e. The summed E-state index contributed by atoms with van der Waals surface area (Å²) in [4.78, 5) is 0. The third kappa shape index (κ3) is 3.17. The lowest BCUT2D eigenvalue weighted by molar-refractivity contribution is -0.678. The van der Waals surface area contributed by atoms with Crippen LogP contribution in [-0.4, -0.2) is 0 Å². The molecule has 0 amide bonds. The van der Waals surface area contributed by atoms with Crippen LogP contribution in [0.1, 0.15) is 16.7 Å². The van der Waals surface area contributed by atoms with E-state index in [-0.39, 0.29) is 0 Å². The maximum atomic E-state index is 2.36. The molecular formula is C27H24N2+2. The number of hydrogen-bond acceptors (Lipinski definition) is 0. The molecule has 2 aromatic carbocycles. The van der Waals surface area contributed by atoms with Crippen LogP contribution in [-0.2, 0) is 6.54 Å². The third-order valence-corrected chi connectivity index (χ3v) is 5.67. The van der Waals surface area contributed by atoms with Gasteiger partial charge in [-0.1, -0.05) is 35.9 Å². The van der Waals surface area contributed by atoms with Gasteiger partial charge in [-0.25, -0.2) is 0 Å². The zero-order valence-electron chi connectivity index (χ0n) is 16.8. The van der Waals surface area contributed by atoms with Crippen LogP contribution >= 0.6 is 0 Å². The second-order valence-electron chi connectivity index (χ2n) is 7.73. The van der Waals surface area contributed by atoms with Crippen LogP contribution in [0.5, 0.6) is 0 Å². The molecular weight excluding hydrogens is 352 g/mol. The Labute approximate surface area is 171 Å². The molecule has 0 saturated carbocycles. The number of nitrogens with zero attached hydrogens (tertiary/aromatic N) is 2. The molecule has 5 aromatic rings. The van der Waals surface area contributed by atoms with Gasteiger partial charge >= 0.3 is 0 Å². The predicted octanol–water partition coefficient (Wildman–Crippen LogP) is 5.20. The Balaban J connectivity index is 1.69. The first-order chi connectivity index (χ1) is 14.2. The van der Waals surface area contributed by atoms with E-state index in [9.17, 15) is 0 Å². The summed E-state index contributed by atoms with van der Waals surface area (Å²) < 4.78 is 4.59. The second kappa shape index (κ2) is 7.14. The van der Waals surface area contributed by atoms with Gasteiger partial charge in [-0.3, -0.25) is 0 Å². The summed E-state index contributed by atoms with van der Waals surface area (Å²) in [7, 11) is 0. The molecule has 140 valence electrons. The molecule has 0 bridgehead atoms. The number of aryl methyl sites for hydroxylation is 2. The van der Waals surface area contributed by atoms with Gasteiger partial charge in [-0.15, -0.1) is 0 Å². The highest BCUT2D eigenvalue weighted by molar-refractivity contribution is 5.95. The average molecular weight is 377 g/mol. The number of rotatable bonds is 3. The molecule has 0 fully saturated rings. The first kappa shape index (κ1) is 17.6. The highest BCUT2D eigenvalue weighted by Crippen LogP contribution is 2.24. The van der Waals surface area contributed by atoms with Gasteiger partial charge in [0.15, 0.2) is 25.1 Å². The predicted molar refractivity (Wildman–Crippen MR) is 118 cm³/mol. The van der Waals surface area contributed by atoms with Crippen LogP contribution in [0.3, 0.4) is 0 Å². The Morgan fingerprint density at radius 3 is 2.34 bits per heavy atom. The minimum atomic E-state index is 0.821. The average Bonchev–Trinajstić information content (AvgIpc) is 2.75. The standard InChI is InChI=1S/C27H24N2/c1-20-13-14-23(21(2)17-20)26-11-5-7-15-28(26)18-22-19-29-16-8-6-12-27(29)25-10-4-3-9-24(22)25/h3-17,19H,18H2,1-2H3/q+2. The van der Waals surface area contributed by atoms with Crippen molar-refractivity contribution in [1.82, 2.24) is 0 Å². The minimum absolute atomic E-state index is 0.821. The van der Waals surface area contributed by atoms with Gasteiger partial charge in [0, 0.05) is 35.2 Å². The van der Waals surface area contributed by atoms with Gasteiger partial charge in [0.2, 0.25) is 11.2 Å². The third-order valence-electron chi connectivity index (χ3n) is 5.67. The van der Waals surface area contributed by atoms with Crippen molar-refractivity contribution < 1.29 is 8.97 Å². The van der Waals surface area contributed by atoms with Gasteiger partial charge in [0.1, 0.15) is 0 Å². The number of fused-ring (bicyclic) bond motifs is 3. The van der Waals surface area contributed by atoms with Gasteiger partial charge in [0.05, 0.1) is 10.9 Å². The van der Waals surface area contributed by atoms with Crippen LogP contribution in [0.15, 0.2) is 97.5 Å². The van der Waals surface area contributed by atoms with E-state index < -0.39 is 0 Å². The molecule has 3 aromatic heterocycles. The van der Waals surface area contributed by atoms with Crippen molar-refractivity contribution in [3.8, 4) is 11.3 Å². The van der Waals surface area contributed by atoms with Crippen LogP contribution in [0, 0.1) is 13.8 Å². The van der Waals surface area contributed by atoms with E-state index in [4.69, 9.17) is 0 Å². The Hall–Kier alpha value is -3.52. The normalized spacial score (nSPS) is 11.2. The fourth-order valence-electron chi connectivity index (χ4n) is 4.29. The largest absolute Gasteiger partial charge is 0.218 e. The summed E-state index contributed by atoms with van der Waals surface area (Å²) >= 11 is 0. The van der Waals surface area contributed by atoms with Crippen LogP contribution in [0.4, 0.5) is 0 Å². The van der Waals surface area contributed by atoms with E-state index >= 15 is 0 Å². The fraction of sp³-hybridized carbons (Fsp3) is 0.111. The molecule has 0 unspecified atom stereocenters. The molecule has 0 aliphatic carbocycles. The summed E-state index contributed by atoms with van der Waals surface area (Å²) in [5.41, 5.74) is 7.68. The molecule has 2 heteroatoms. The van der Waals surface area contributed by atoms with E-state index in [1.165, 1.54) is 44.2 Å². The van der Waals surface area contributed by atoms with Gasteiger partial charge < -0.3 is 0 Å². The lowest BCUT2D eigenvalue weighted by atomic mass is 10.0. The van der Waals surface area contributed by atoms with Gasteiger partial charge in [-0.2, -0.15) is 8.97 Å². The summed E-state index contributed by atoms with van der Waals surface area (Å²) in [6, 6.07) is 28.2. The van der Waals surface area contributed by atoms with Crippen LogP contribution in [0.2, 0.25) is 0 Å². The monoisotopic (exact) mass is 376 g/mol. The zero-order chi connectivity index (χ0) is 19.8. The Bertz CT molecular complexity index is 1350. The highest BCUT2D eigenvalue weighted by atomic mass is 15.0. The van der Waals surface area contributed by atoms with Crippen molar-refractivity contribution in [1.29, 1.82) is 0 Å². The first-order valence-electron chi connectivity index (χ1n) is 10.1. The molecule has 2 nitrogen and oxygen atoms in total. The second-order valence-corrected chi connectivity index (χ2v) is 7.73. The molecule has 0 aliphatic heterocycles. The lowest BCUT2D eigenvalue weighted by Gasteiger charge is -2.09. The molecule has 0 atom stereocenters. The first-order valence-corrected chi connectivity index (χ1v) is 10.1.